The number of carbonyl (C=O) groups is 2. The average molecular weight is 434 g/mol. The fraction of sp³-hybridized carbons (Fsp3) is 0.316. The van der Waals surface area contributed by atoms with Crippen LogP contribution in [0.25, 0.3) is 0 Å². The van der Waals surface area contributed by atoms with Crippen molar-refractivity contribution in [3.63, 3.8) is 0 Å². The van der Waals surface area contributed by atoms with Crippen LogP contribution in [0.1, 0.15) is 13.8 Å². The number of amidine groups is 1. The van der Waals surface area contributed by atoms with Crippen LogP contribution < -0.4 is 20.3 Å². The minimum atomic E-state index is -3.47. The molecule has 1 aromatic carbocycles. The molecule has 2 aliphatic heterocycles. The summed E-state index contributed by atoms with van der Waals surface area (Å²) < 4.78 is 37.6. The van der Waals surface area contributed by atoms with Crippen molar-refractivity contribution in [2.45, 2.75) is 20.0 Å². The van der Waals surface area contributed by atoms with E-state index in [1.165, 1.54) is 18.4 Å². The monoisotopic (exact) mass is 434 g/mol. The quantitative estimate of drug-likeness (QED) is 0.624. The molecule has 1 unspecified atom stereocenters. The number of hydrazine groups is 1. The molecule has 1 atom stereocenters. The maximum absolute atomic E-state index is 12.3. The zero-order valence-corrected chi connectivity index (χ0v) is 17.3. The van der Waals surface area contributed by atoms with Gasteiger partial charge in [-0.2, -0.15) is 0 Å². The number of hydrogen-bond acceptors (Lipinski definition) is 7. The molecule has 0 aliphatic carbocycles. The third-order valence-corrected chi connectivity index (χ3v) is 5.37. The average Bonchev–Trinajstić information content (AvgIpc) is 2.72. The lowest BCUT2D eigenvalue weighted by Gasteiger charge is -2.27. The van der Waals surface area contributed by atoms with Crippen LogP contribution in [-0.4, -0.2) is 56.0 Å². The van der Waals surface area contributed by atoms with Gasteiger partial charge in [0.2, 0.25) is 0 Å². The van der Waals surface area contributed by atoms with E-state index in [9.17, 15) is 18.0 Å². The number of amides is 2. The van der Waals surface area contributed by atoms with Gasteiger partial charge in [0.1, 0.15) is 17.3 Å². The zero-order chi connectivity index (χ0) is 21.7. The number of rotatable bonds is 6. The molecule has 2 N–H and O–H groups in total. The van der Waals surface area contributed by atoms with Crippen LogP contribution in [0, 0.1) is 0 Å². The fourth-order valence-corrected chi connectivity index (χ4v) is 3.64. The summed E-state index contributed by atoms with van der Waals surface area (Å²) in [4.78, 5) is 26.1. The normalized spacial score (nSPS) is 17.7. The fourth-order valence-electron chi connectivity index (χ4n) is 2.67. The predicted molar refractivity (Wildman–Crippen MR) is 109 cm³/mol. The highest BCUT2D eigenvalue weighted by Crippen LogP contribution is 2.19. The van der Waals surface area contributed by atoms with Gasteiger partial charge < -0.3 is 14.4 Å². The summed E-state index contributed by atoms with van der Waals surface area (Å²) in [5.41, 5.74) is 4.87. The molecule has 0 bridgehead atoms. The molecular formula is C19H22N4O6S. The predicted octanol–water partition coefficient (Wildman–Crippen LogP) is 0.498. The molecule has 2 heterocycles. The molecule has 0 saturated carbocycles. The number of fused-ring (bicyclic) bond motifs is 1. The second kappa shape index (κ2) is 8.99. The highest BCUT2D eigenvalue weighted by atomic mass is 32.2. The van der Waals surface area contributed by atoms with E-state index >= 15 is 0 Å². The van der Waals surface area contributed by atoms with E-state index < -0.39 is 27.9 Å². The lowest BCUT2D eigenvalue weighted by molar-refractivity contribution is -0.131. The number of nitrogens with one attached hydrogen (secondary N) is 2. The minimum Gasteiger partial charge on any atom is -0.494 e. The Labute approximate surface area is 174 Å². The third-order valence-electron chi connectivity index (χ3n) is 4.20. The molecule has 2 aliphatic rings. The SMILES string of the molecule is CCOc1ccc(OC(C)C(=O)NNC(=O)C2=CN3CCS(=O)(=O)N=C3C=C2)cc1. The summed E-state index contributed by atoms with van der Waals surface area (Å²) in [6.07, 6.45) is 3.49. The second-order valence-corrected chi connectivity index (χ2v) is 8.21. The van der Waals surface area contributed by atoms with Gasteiger partial charge in [0, 0.05) is 12.7 Å². The molecule has 2 amide bonds. The van der Waals surface area contributed by atoms with Crippen LogP contribution in [0.2, 0.25) is 0 Å². The van der Waals surface area contributed by atoms with Crippen molar-refractivity contribution < 1.29 is 27.5 Å². The largest absolute Gasteiger partial charge is 0.494 e. The molecule has 0 aromatic heterocycles. The lowest BCUT2D eigenvalue weighted by atomic mass is 10.2. The molecule has 10 nitrogen and oxygen atoms in total. The summed E-state index contributed by atoms with van der Waals surface area (Å²) in [6, 6.07) is 6.83. The number of carbonyl (C=O) groups excluding carboxylic acids is 2. The Balaban J connectivity index is 1.51. The van der Waals surface area contributed by atoms with Crippen LogP contribution in [0.4, 0.5) is 0 Å². The smallest absolute Gasteiger partial charge is 0.279 e. The van der Waals surface area contributed by atoms with Crippen molar-refractivity contribution >= 4 is 27.7 Å². The molecule has 1 aromatic rings. The Morgan fingerprint density at radius 3 is 2.57 bits per heavy atom. The molecule has 0 fully saturated rings. The minimum absolute atomic E-state index is 0.132. The lowest BCUT2D eigenvalue weighted by Crippen LogP contribution is -2.48. The highest BCUT2D eigenvalue weighted by molar-refractivity contribution is 7.90. The van der Waals surface area contributed by atoms with Crippen LogP contribution in [0.5, 0.6) is 11.5 Å². The Kier molecular flexibility index (Phi) is 6.40. The van der Waals surface area contributed by atoms with Crippen molar-refractivity contribution in [1.29, 1.82) is 0 Å². The number of nitrogens with zero attached hydrogens (tertiary/aromatic N) is 2. The summed E-state index contributed by atoms with van der Waals surface area (Å²) in [5, 5.41) is 0. The van der Waals surface area contributed by atoms with E-state index in [0.717, 1.165) is 0 Å². The van der Waals surface area contributed by atoms with Gasteiger partial charge >= 0.3 is 0 Å². The number of sulfonamides is 1. The van der Waals surface area contributed by atoms with Crippen molar-refractivity contribution in [3.8, 4) is 11.5 Å². The van der Waals surface area contributed by atoms with Gasteiger partial charge in [-0.05, 0) is 50.3 Å². The van der Waals surface area contributed by atoms with Gasteiger partial charge in [0.05, 0.1) is 17.9 Å². The van der Waals surface area contributed by atoms with Crippen LogP contribution in [0.15, 0.2) is 52.6 Å². The third kappa shape index (κ3) is 5.38. The summed E-state index contributed by atoms with van der Waals surface area (Å²) in [5.74, 6) is 0.204. The first kappa shape index (κ1) is 21.4. The maximum atomic E-state index is 12.3. The Hall–Kier alpha value is -3.34. The van der Waals surface area contributed by atoms with Crippen molar-refractivity contribution in [2.75, 3.05) is 18.9 Å². The van der Waals surface area contributed by atoms with Crippen molar-refractivity contribution in [3.05, 3.63) is 48.2 Å². The first-order valence-electron chi connectivity index (χ1n) is 9.26. The van der Waals surface area contributed by atoms with Crippen LogP contribution in [0.3, 0.4) is 0 Å². The van der Waals surface area contributed by atoms with Crippen molar-refractivity contribution in [2.24, 2.45) is 4.40 Å². The summed E-state index contributed by atoms with van der Waals surface area (Å²) in [7, 11) is -3.47. The summed E-state index contributed by atoms with van der Waals surface area (Å²) in [6.45, 7) is 4.18. The first-order chi connectivity index (χ1) is 14.3. The number of hydrogen-bond donors (Lipinski definition) is 2. The van der Waals surface area contributed by atoms with E-state index in [1.54, 1.807) is 36.1 Å². The Morgan fingerprint density at radius 1 is 1.17 bits per heavy atom. The highest BCUT2D eigenvalue weighted by Gasteiger charge is 2.25. The van der Waals surface area contributed by atoms with E-state index in [0.29, 0.717) is 18.1 Å². The molecule has 11 heteroatoms. The molecule has 160 valence electrons. The standard InChI is InChI=1S/C19H22N4O6S/c1-3-28-15-5-7-16(8-6-15)29-13(2)18(24)20-21-19(25)14-4-9-17-22-30(26,27)11-10-23(17)12-14/h4-9,12-13H,3,10-11H2,1-2H3,(H,20,24)(H,21,25). The van der Waals surface area contributed by atoms with Crippen LogP contribution in [-0.2, 0) is 19.6 Å². The Bertz CT molecular complexity index is 1010. The Morgan fingerprint density at radius 2 is 1.87 bits per heavy atom. The molecule has 0 saturated heterocycles. The van der Waals surface area contributed by atoms with Gasteiger partial charge in [-0.1, -0.05) is 0 Å². The van der Waals surface area contributed by atoms with Gasteiger partial charge in [0.25, 0.3) is 21.8 Å². The summed E-state index contributed by atoms with van der Waals surface area (Å²) >= 11 is 0. The van der Waals surface area contributed by atoms with Crippen molar-refractivity contribution in [1.82, 2.24) is 15.8 Å². The number of ether oxygens (including phenoxy) is 2. The zero-order valence-electron chi connectivity index (χ0n) is 16.5. The first-order valence-corrected chi connectivity index (χ1v) is 10.9. The maximum Gasteiger partial charge on any atom is 0.279 e. The molecular weight excluding hydrogens is 412 g/mol. The molecule has 30 heavy (non-hydrogen) atoms. The van der Waals surface area contributed by atoms with E-state index in [-0.39, 0.29) is 23.7 Å². The van der Waals surface area contributed by atoms with Gasteiger partial charge in [-0.3, -0.25) is 20.4 Å². The van der Waals surface area contributed by atoms with Gasteiger partial charge in [0.15, 0.2) is 6.10 Å². The van der Waals surface area contributed by atoms with E-state index in [2.05, 4.69) is 15.2 Å². The number of benzene rings is 1. The van der Waals surface area contributed by atoms with E-state index in [4.69, 9.17) is 9.47 Å². The second-order valence-electron chi connectivity index (χ2n) is 6.45. The van der Waals surface area contributed by atoms with Crippen LogP contribution >= 0.6 is 0 Å². The molecule has 0 spiro atoms. The van der Waals surface area contributed by atoms with E-state index in [1.807, 2.05) is 6.92 Å². The molecule has 0 radical (unpaired) electrons. The van der Waals surface area contributed by atoms with Gasteiger partial charge in [-0.25, -0.2) is 8.42 Å². The topological polar surface area (TPSA) is 126 Å². The molecule has 3 rings (SSSR count). The van der Waals surface area contributed by atoms with Gasteiger partial charge in [-0.15, -0.1) is 4.40 Å².